The maximum absolute atomic E-state index is 12.2. The Hall–Kier alpha value is -2.02. The summed E-state index contributed by atoms with van der Waals surface area (Å²) in [4.78, 5) is 27.1. The van der Waals surface area contributed by atoms with Crippen molar-refractivity contribution in [3.05, 3.63) is 24.2 Å². The Morgan fingerprint density at radius 2 is 2.14 bits per heavy atom. The van der Waals surface area contributed by atoms with Gasteiger partial charge in [-0.2, -0.15) is 0 Å². The summed E-state index contributed by atoms with van der Waals surface area (Å²) in [7, 11) is 3.88. The molecule has 3 N–H and O–H groups in total. The van der Waals surface area contributed by atoms with Gasteiger partial charge < -0.3 is 20.4 Å². The SMILES string of the molecule is CN(C)[C@H](CNC(=O)N1CCC(C(N)=O)CC1)c1ccco1. The van der Waals surface area contributed by atoms with Crippen molar-refractivity contribution in [1.29, 1.82) is 0 Å². The fourth-order valence-corrected chi connectivity index (χ4v) is 2.68. The lowest BCUT2D eigenvalue weighted by atomic mass is 9.96. The van der Waals surface area contributed by atoms with Crippen LogP contribution >= 0.6 is 0 Å². The molecule has 22 heavy (non-hydrogen) atoms. The average Bonchev–Trinajstić information content (AvgIpc) is 3.01. The van der Waals surface area contributed by atoms with Gasteiger partial charge in [0.15, 0.2) is 0 Å². The van der Waals surface area contributed by atoms with Gasteiger partial charge in [0.25, 0.3) is 0 Å². The van der Waals surface area contributed by atoms with Crippen LogP contribution in [0.1, 0.15) is 24.6 Å². The third-order valence-electron chi connectivity index (χ3n) is 4.13. The topological polar surface area (TPSA) is 91.8 Å². The number of hydrogen-bond acceptors (Lipinski definition) is 4. The van der Waals surface area contributed by atoms with Gasteiger partial charge in [-0.1, -0.05) is 0 Å². The van der Waals surface area contributed by atoms with E-state index in [0.29, 0.717) is 32.5 Å². The Kier molecular flexibility index (Phi) is 5.43. The van der Waals surface area contributed by atoms with Crippen molar-refractivity contribution in [2.75, 3.05) is 33.7 Å². The molecular formula is C15H24N4O3. The molecule has 0 radical (unpaired) electrons. The minimum absolute atomic E-state index is 0.0119. The molecule has 0 bridgehead atoms. The van der Waals surface area contributed by atoms with Gasteiger partial charge in [-0.15, -0.1) is 0 Å². The molecule has 7 heteroatoms. The van der Waals surface area contributed by atoms with E-state index in [0.717, 1.165) is 5.76 Å². The Morgan fingerprint density at radius 3 is 2.64 bits per heavy atom. The van der Waals surface area contributed by atoms with Gasteiger partial charge in [0.2, 0.25) is 5.91 Å². The van der Waals surface area contributed by atoms with Crippen LogP contribution in [0.2, 0.25) is 0 Å². The molecule has 0 spiro atoms. The van der Waals surface area contributed by atoms with Gasteiger partial charge in [0.05, 0.1) is 12.3 Å². The van der Waals surface area contributed by atoms with Crippen molar-refractivity contribution in [3.8, 4) is 0 Å². The number of nitrogens with two attached hydrogens (primary N) is 1. The van der Waals surface area contributed by atoms with Crippen molar-refractivity contribution < 1.29 is 14.0 Å². The molecular weight excluding hydrogens is 284 g/mol. The van der Waals surface area contributed by atoms with Crippen LogP contribution in [0.5, 0.6) is 0 Å². The summed E-state index contributed by atoms with van der Waals surface area (Å²) in [6, 6.07) is 3.61. The number of nitrogens with zero attached hydrogens (tertiary/aromatic N) is 2. The number of piperidine rings is 1. The van der Waals surface area contributed by atoms with Crippen LogP contribution in [-0.2, 0) is 4.79 Å². The first-order valence-corrected chi connectivity index (χ1v) is 7.51. The summed E-state index contributed by atoms with van der Waals surface area (Å²) in [5.74, 6) is 0.435. The molecule has 1 aliphatic rings. The van der Waals surface area contributed by atoms with Crippen molar-refractivity contribution in [3.63, 3.8) is 0 Å². The second-order valence-corrected chi connectivity index (χ2v) is 5.84. The summed E-state index contributed by atoms with van der Waals surface area (Å²) in [6.45, 7) is 1.59. The summed E-state index contributed by atoms with van der Waals surface area (Å²) >= 11 is 0. The largest absolute Gasteiger partial charge is 0.468 e. The highest BCUT2D eigenvalue weighted by Crippen LogP contribution is 2.19. The van der Waals surface area contributed by atoms with E-state index in [1.165, 1.54) is 0 Å². The number of nitrogens with one attached hydrogen (secondary N) is 1. The Balaban J connectivity index is 1.83. The van der Waals surface area contributed by atoms with Crippen LogP contribution in [-0.4, -0.2) is 55.5 Å². The number of primary amides is 1. The highest BCUT2D eigenvalue weighted by atomic mass is 16.3. The van der Waals surface area contributed by atoms with Crippen LogP contribution < -0.4 is 11.1 Å². The molecule has 7 nitrogen and oxygen atoms in total. The molecule has 0 aromatic carbocycles. The molecule has 2 heterocycles. The van der Waals surface area contributed by atoms with E-state index < -0.39 is 0 Å². The number of likely N-dealkylation sites (tertiary alicyclic amines) is 1. The second-order valence-electron chi connectivity index (χ2n) is 5.84. The van der Waals surface area contributed by atoms with Gasteiger partial charge in [-0.3, -0.25) is 9.69 Å². The van der Waals surface area contributed by atoms with E-state index >= 15 is 0 Å². The highest BCUT2D eigenvalue weighted by Gasteiger charge is 2.26. The van der Waals surface area contributed by atoms with Crippen LogP contribution in [0.15, 0.2) is 22.8 Å². The zero-order valence-electron chi connectivity index (χ0n) is 13.1. The number of furan rings is 1. The third-order valence-corrected chi connectivity index (χ3v) is 4.13. The number of urea groups is 1. The quantitative estimate of drug-likeness (QED) is 0.841. The predicted octanol–water partition coefficient (Wildman–Crippen LogP) is 0.789. The van der Waals surface area contributed by atoms with E-state index in [1.807, 2.05) is 31.1 Å². The molecule has 122 valence electrons. The molecule has 1 atom stereocenters. The monoisotopic (exact) mass is 308 g/mol. The molecule has 1 fully saturated rings. The first-order valence-electron chi connectivity index (χ1n) is 7.51. The Morgan fingerprint density at radius 1 is 1.45 bits per heavy atom. The normalized spacial score (nSPS) is 17.5. The molecule has 0 unspecified atom stereocenters. The number of amides is 3. The minimum Gasteiger partial charge on any atom is -0.468 e. The van der Waals surface area contributed by atoms with Gasteiger partial charge >= 0.3 is 6.03 Å². The average molecular weight is 308 g/mol. The summed E-state index contributed by atoms with van der Waals surface area (Å²) in [6.07, 6.45) is 2.90. The predicted molar refractivity (Wildman–Crippen MR) is 82.0 cm³/mol. The van der Waals surface area contributed by atoms with E-state index in [1.54, 1.807) is 11.2 Å². The van der Waals surface area contributed by atoms with E-state index in [-0.39, 0.29) is 23.9 Å². The lowest BCUT2D eigenvalue weighted by molar-refractivity contribution is -0.123. The lowest BCUT2D eigenvalue weighted by Gasteiger charge is -2.31. The van der Waals surface area contributed by atoms with E-state index in [9.17, 15) is 9.59 Å². The first-order chi connectivity index (χ1) is 10.5. The van der Waals surface area contributed by atoms with Crippen LogP contribution in [0.4, 0.5) is 4.79 Å². The molecule has 2 rings (SSSR count). The number of carbonyl (C=O) groups excluding carboxylic acids is 2. The van der Waals surface area contributed by atoms with Gasteiger partial charge in [-0.05, 0) is 39.1 Å². The summed E-state index contributed by atoms with van der Waals surface area (Å²) < 4.78 is 5.42. The molecule has 0 saturated carbocycles. The molecule has 0 aliphatic carbocycles. The van der Waals surface area contributed by atoms with Crippen molar-refractivity contribution in [2.45, 2.75) is 18.9 Å². The first kappa shape index (κ1) is 16.4. The Bertz CT molecular complexity index is 493. The van der Waals surface area contributed by atoms with Crippen LogP contribution in [0, 0.1) is 5.92 Å². The van der Waals surface area contributed by atoms with Crippen molar-refractivity contribution in [1.82, 2.24) is 15.1 Å². The van der Waals surface area contributed by atoms with Crippen molar-refractivity contribution >= 4 is 11.9 Å². The zero-order chi connectivity index (χ0) is 16.1. The summed E-state index contributed by atoms with van der Waals surface area (Å²) in [5.41, 5.74) is 5.30. The van der Waals surface area contributed by atoms with E-state index in [4.69, 9.17) is 10.2 Å². The molecule has 1 aromatic heterocycles. The zero-order valence-corrected chi connectivity index (χ0v) is 13.1. The number of hydrogen-bond donors (Lipinski definition) is 2. The molecule has 1 aliphatic heterocycles. The van der Waals surface area contributed by atoms with Gasteiger partial charge in [0, 0.05) is 25.6 Å². The fourth-order valence-electron chi connectivity index (χ4n) is 2.68. The maximum Gasteiger partial charge on any atom is 0.317 e. The third kappa shape index (κ3) is 4.00. The summed E-state index contributed by atoms with van der Waals surface area (Å²) in [5, 5.41) is 2.94. The molecule has 1 saturated heterocycles. The Labute approximate surface area is 130 Å². The fraction of sp³-hybridized carbons (Fsp3) is 0.600. The molecule has 3 amide bonds. The van der Waals surface area contributed by atoms with Crippen LogP contribution in [0.25, 0.3) is 0 Å². The van der Waals surface area contributed by atoms with Crippen molar-refractivity contribution in [2.24, 2.45) is 11.7 Å². The standard InChI is InChI=1S/C15H24N4O3/c1-18(2)12(13-4-3-9-22-13)10-17-15(21)19-7-5-11(6-8-19)14(16)20/h3-4,9,11-12H,5-8,10H2,1-2H3,(H2,16,20)(H,17,21)/t12-/m1/s1. The minimum atomic E-state index is -0.273. The van der Waals surface area contributed by atoms with Crippen LogP contribution in [0.3, 0.4) is 0 Å². The highest BCUT2D eigenvalue weighted by molar-refractivity contribution is 5.78. The number of rotatable bonds is 5. The number of likely N-dealkylation sites (N-methyl/N-ethyl adjacent to an activating group) is 1. The van der Waals surface area contributed by atoms with Gasteiger partial charge in [-0.25, -0.2) is 4.79 Å². The smallest absolute Gasteiger partial charge is 0.317 e. The lowest BCUT2D eigenvalue weighted by Crippen LogP contribution is -2.47. The van der Waals surface area contributed by atoms with Gasteiger partial charge in [0.1, 0.15) is 5.76 Å². The maximum atomic E-state index is 12.2. The number of carbonyl (C=O) groups is 2. The second kappa shape index (κ2) is 7.31. The molecule has 1 aromatic rings. The van der Waals surface area contributed by atoms with E-state index in [2.05, 4.69) is 5.32 Å².